The van der Waals surface area contributed by atoms with E-state index in [9.17, 15) is 23.3 Å². The number of nitrogens with zero attached hydrogens (tertiary/aromatic N) is 3. The van der Waals surface area contributed by atoms with E-state index >= 15 is 0 Å². The number of benzene rings is 3. The van der Waals surface area contributed by atoms with Crippen LogP contribution >= 0.6 is 15.9 Å². The number of anilines is 1. The van der Waals surface area contributed by atoms with Crippen molar-refractivity contribution in [1.29, 1.82) is 0 Å². The Kier molecular flexibility index (Phi) is 8.21. The molecule has 0 spiro atoms. The van der Waals surface area contributed by atoms with Gasteiger partial charge in [0.2, 0.25) is 6.79 Å². The topological polar surface area (TPSA) is 159 Å². The minimum atomic E-state index is -4.65. The zero-order chi connectivity index (χ0) is 28.2. The molecule has 39 heavy (non-hydrogen) atoms. The van der Waals surface area contributed by atoms with E-state index in [1.165, 1.54) is 50.8 Å². The molecule has 204 valence electrons. The summed E-state index contributed by atoms with van der Waals surface area (Å²) in [5, 5.41) is 15.5. The summed E-state index contributed by atoms with van der Waals surface area (Å²) in [6, 6.07) is 12.4. The molecule has 1 N–H and O–H groups in total. The van der Waals surface area contributed by atoms with Gasteiger partial charge < -0.3 is 18.9 Å². The molecule has 4 rings (SSSR count). The molecule has 1 aliphatic rings. The van der Waals surface area contributed by atoms with E-state index in [4.69, 9.17) is 18.9 Å². The Morgan fingerprint density at radius 1 is 1.15 bits per heavy atom. The van der Waals surface area contributed by atoms with E-state index in [2.05, 4.69) is 26.5 Å². The first-order valence-corrected chi connectivity index (χ1v) is 13.3. The van der Waals surface area contributed by atoms with Gasteiger partial charge in [-0.25, -0.2) is 13.8 Å². The van der Waals surface area contributed by atoms with Gasteiger partial charge in [-0.1, -0.05) is 12.1 Å². The van der Waals surface area contributed by atoms with Crippen molar-refractivity contribution in [2.45, 2.75) is 4.90 Å². The van der Waals surface area contributed by atoms with Crippen LogP contribution in [0.2, 0.25) is 0 Å². The molecule has 0 saturated heterocycles. The average molecular weight is 621 g/mol. The largest absolute Gasteiger partial charge is 0.497 e. The summed E-state index contributed by atoms with van der Waals surface area (Å²) in [6.45, 7) is -0.700. The first kappa shape index (κ1) is 27.7. The number of rotatable bonds is 10. The molecule has 15 heteroatoms. The van der Waals surface area contributed by atoms with Gasteiger partial charge in [0.1, 0.15) is 18.0 Å². The second-order valence-electron chi connectivity index (χ2n) is 7.79. The van der Waals surface area contributed by atoms with Gasteiger partial charge in [-0.3, -0.25) is 19.2 Å². The minimum Gasteiger partial charge on any atom is -0.497 e. The predicted molar refractivity (Wildman–Crippen MR) is 143 cm³/mol. The highest BCUT2D eigenvalue weighted by Crippen LogP contribution is 2.38. The SMILES string of the molecule is COc1ccc(N(CC(=O)N/N=C\c2cc3c(cc2Br)OCO3)S(=O)(=O)c2ccccc2[N+](=O)[O-])c(OC)c1. The summed E-state index contributed by atoms with van der Waals surface area (Å²) >= 11 is 3.38. The maximum absolute atomic E-state index is 13.7. The second-order valence-corrected chi connectivity index (χ2v) is 10.5. The fraction of sp³-hybridized carbons (Fsp3) is 0.167. The highest BCUT2D eigenvalue weighted by atomic mass is 79.9. The number of nitrogens with one attached hydrogen (secondary N) is 1. The van der Waals surface area contributed by atoms with Crippen molar-refractivity contribution in [2.75, 3.05) is 31.9 Å². The lowest BCUT2D eigenvalue weighted by atomic mass is 10.2. The fourth-order valence-electron chi connectivity index (χ4n) is 3.61. The monoisotopic (exact) mass is 620 g/mol. The Morgan fingerprint density at radius 2 is 1.87 bits per heavy atom. The number of para-hydroxylation sites is 1. The van der Waals surface area contributed by atoms with E-state index in [1.54, 1.807) is 12.1 Å². The van der Waals surface area contributed by atoms with Crippen LogP contribution in [0.5, 0.6) is 23.0 Å². The molecule has 1 amide bonds. The predicted octanol–water partition coefficient (Wildman–Crippen LogP) is 3.45. The molecule has 0 bridgehead atoms. The number of carbonyl (C=O) groups is 1. The standard InChI is InChI=1S/C24H21BrN4O9S/c1-35-16-7-8-18(20(10-16)36-2)28(39(33,34)23-6-4-3-5-19(23)29(31)32)13-24(30)27-26-12-15-9-21-22(11-17(15)25)38-14-37-21/h3-12H,13-14H2,1-2H3,(H,27,30)/b26-12-. The van der Waals surface area contributed by atoms with E-state index in [0.717, 1.165) is 12.1 Å². The van der Waals surface area contributed by atoms with Gasteiger partial charge in [-0.2, -0.15) is 5.10 Å². The number of nitro groups is 1. The molecule has 0 fully saturated rings. The molecule has 0 atom stereocenters. The summed E-state index contributed by atoms with van der Waals surface area (Å²) < 4.78 is 50.0. The third-order valence-corrected chi connectivity index (χ3v) is 7.95. The lowest BCUT2D eigenvalue weighted by Gasteiger charge is -2.25. The van der Waals surface area contributed by atoms with Gasteiger partial charge in [0.05, 0.1) is 31.0 Å². The number of sulfonamides is 1. The normalized spacial score (nSPS) is 12.3. The van der Waals surface area contributed by atoms with Crippen molar-refractivity contribution in [3.05, 3.63) is 74.7 Å². The molecule has 3 aromatic carbocycles. The molecule has 1 heterocycles. The van der Waals surface area contributed by atoms with Gasteiger partial charge in [0, 0.05) is 22.2 Å². The zero-order valence-corrected chi connectivity index (χ0v) is 22.9. The number of hydrazone groups is 1. The maximum atomic E-state index is 13.7. The summed E-state index contributed by atoms with van der Waals surface area (Å²) in [7, 11) is -1.92. The molecule has 3 aromatic rings. The van der Waals surface area contributed by atoms with Gasteiger partial charge in [0.15, 0.2) is 16.4 Å². The Balaban J connectivity index is 1.67. The average Bonchev–Trinajstić information content (AvgIpc) is 3.38. The van der Waals surface area contributed by atoms with Crippen molar-refractivity contribution in [3.63, 3.8) is 0 Å². The lowest BCUT2D eigenvalue weighted by molar-refractivity contribution is -0.387. The number of hydrogen-bond acceptors (Lipinski definition) is 10. The highest BCUT2D eigenvalue weighted by Gasteiger charge is 2.34. The van der Waals surface area contributed by atoms with Crippen LogP contribution in [0.4, 0.5) is 11.4 Å². The number of carbonyl (C=O) groups excluding carboxylic acids is 1. The van der Waals surface area contributed by atoms with E-state index in [1.807, 2.05) is 0 Å². The first-order valence-electron chi connectivity index (χ1n) is 11.0. The summed E-state index contributed by atoms with van der Waals surface area (Å²) in [6.07, 6.45) is 1.33. The van der Waals surface area contributed by atoms with Crippen molar-refractivity contribution in [1.82, 2.24) is 5.43 Å². The molecule has 0 saturated carbocycles. The smallest absolute Gasteiger partial charge is 0.289 e. The minimum absolute atomic E-state index is 0.0471. The molecule has 0 aromatic heterocycles. The van der Waals surface area contributed by atoms with Crippen LogP contribution in [0.1, 0.15) is 5.56 Å². The number of ether oxygens (including phenoxy) is 4. The first-order chi connectivity index (χ1) is 18.6. The van der Waals surface area contributed by atoms with Crippen LogP contribution in [0.15, 0.2) is 69.1 Å². The number of amides is 1. The molecule has 0 aliphatic carbocycles. The van der Waals surface area contributed by atoms with Crippen LogP contribution < -0.4 is 28.7 Å². The van der Waals surface area contributed by atoms with Gasteiger partial charge >= 0.3 is 0 Å². The summed E-state index contributed by atoms with van der Waals surface area (Å²) in [5.41, 5.74) is 2.14. The van der Waals surface area contributed by atoms with Crippen LogP contribution in [0.25, 0.3) is 0 Å². The van der Waals surface area contributed by atoms with Crippen LogP contribution in [0, 0.1) is 10.1 Å². The number of hydrogen-bond donors (Lipinski definition) is 1. The Labute approximate surface area is 231 Å². The number of nitro benzene ring substituents is 1. The Morgan fingerprint density at radius 3 is 2.56 bits per heavy atom. The van der Waals surface area contributed by atoms with E-state index in [-0.39, 0.29) is 18.2 Å². The van der Waals surface area contributed by atoms with Gasteiger partial charge in [-0.15, -0.1) is 0 Å². The van der Waals surface area contributed by atoms with Crippen molar-refractivity contribution >= 4 is 49.4 Å². The summed E-state index contributed by atoms with van der Waals surface area (Å²) in [5.74, 6) is 0.633. The Bertz CT molecular complexity index is 1560. The number of methoxy groups -OCH3 is 2. The quantitative estimate of drug-likeness (QED) is 0.203. The fourth-order valence-corrected chi connectivity index (χ4v) is 5.62. The molecule has 0 unspecified atom stereocenters. The Hall–Kier alpha value is -4.37. The zero-order valence-electron chi connectivity index (χ0n) is 20.5. The molecule has 13 nitrogen and oxygen atoms in total. The van der Waals surface area contributed by atoms with E-state index in [0.29, 0.717) is 31.6 Å². The molecule has 1 aliphatic heterocycles. The number of halogens is 1. The van der Waals surface area contributed by atoms with Crippen molar-refractivity contribution in [2.24, 2.45) is 5.10 Å². The van der Waals surface area contributed by atoms with Gasteiger partial charge in [0.25, 0.3) is 21.6 Å². The van der Waals surface area contributed by atoms with Crippen molar-refractivity contribution in [3.8, 4) is 23.0 Å². The lowest BCUT2D eigenvalue weighted by Crippen LogP contribution is -2.40. The van der Waals surface area contributed by atoms with Gasteiger partial charge in [-0.05, 0) is 46.3 Å². The molecule has 0 radical (unpaired) electrons. The molecular formula is C24H21BrN4O9S. The second kappa shape index (κ2) is 11.6. The van der Waals surface area contributed by atoms with E-state index < -0.39 is 38.0 Å². The highest BCUT2D eigenvalue weighted by molar-refractivity contribution is 9.10. The van der Waals surface area contributed by atoms with Crippen molar-refractivity contribution < 1.29 is 37.1 Å². The number of fused-ring (bicyclic) bond motifs is 1. The third kappa shape index (κ3) is 5.88. The van der Waals surface area contributed by atoms with Crippen LogP contribution in [0.3, 0.4) is 0 Å². The molecular weight excluding hydrogens is 600 g/mol. The maximum Gasteiger partial charge on any atom is 0.289 e. The third-order valence-electron chi connectivity index (χ3n) is 5.46. The van der Waals surface area contributed by atoms with Crippen LogP contribution in [-0.4, -0.2) is 53.0 Å². The van der Waals surface area contributed by atoms with Crippen LogP contribution in [-0.2, 0) is 14.8 Å². The summed E-state index contributed by atoms with van der Waals surface area (Å²) in [4.78, 5) is 23.1.